The molecule has 0 aliphatic rings. The molecule has 2 N–H and O–H groups in total. The molecule has 0 radical (unpaired) electrons. The first kappa shape index (κ1) is 13.4. The van der Waals surface area contributed by atoms with Crippen LogP contribution < -0.4 is 15.2 Å². The zero-order chi connectivity index (χ0) is 12.7. The average molecular weight is 237 g/mol. The second kappa shape index (κ2) is 6.78. The van der Waals surface area contributed by atoms with E-state index in [-0.39, 0.29) is 0 Å². The lowest BCUT2D eigenvalue weighted by molar-refractivity contribution is 0.0995. The Morgan fingerprint density at radius 1 is 1.18 bits per heavy atom. The Kier molecular flexibility index (Phi) is 5.33. The molecule has 0 atom stereocenters. The number of rotatable bonds is 7. The fraction of sp³-hybridized carbons (Fsp3) is 0.462. The third-order valence-electron chi connectivity index (χ3n) is 2.16. The number of hydrogen-bond donors (Lipinski definition) is 1. The van der Waals surface area contributed by atoms with Gasteiger partial charge in [0.15, 0.2) is 11.5 Å². The lowest BCUT2D eigenvalue weighted by atomic mass is 10.1. The smallest absolute Gasteiger partial charge is 0.252 e. The van der Waals surface area contributed by atoms with Crippen molar-refractivity contribution in [2.45, 2.75) is 26.7 Å². The number of carbonyl (C=O) groups excluding carboxylic acids is 1. The number of para-hydroxylation sites is 1. The molecule has 0 fully saturated rings. The Hall–Kier alpha value is -1.71. The van der Waals surface area contributed by atoms with Crippen molar-refractivity contribution in [3.63, 3.8) is 0 Å². The summed E-state index contributed by atoms with van der Waals surface area (Å²) >= 11 is 0. The molecule has 17 heavy (non-hydrogen) atoms. The van der Waals surface area contributed by atoms with Crippen molar-refractivity contribution < 1.29 is 14.3 Å². The molecule has 0 aliphatic heterocycles. The molecule has 0 saturated heterocycles. The number of benzene rings is 1. The van der Waals surface area contributed by atoms with Crippen molar-refractivity contribution in [1.82, 2.24) is 0 Å². The third kappa shape index (κ3) is 3.66. The molecule has 4 nitrogen and oxygen atoms in total. The van der Waals surface area contributed by atoms with Crippen molar-refractivity contribution in [3.05, 3.63) is 23.8 Å². The van der Waals surface area contributed by atoms with Gasteiger partial charge in [-0.05, 0) is 25.0 Å². The van der Waals surface area contributed by atoms with Gasteiger partial charge in [0.1, 0.15) is 0 Å². The van der Waals surface area contributed by atoms with E-state index < -0.39 is 5.91 Å². The third-order valence-corrected chi connectivity index (χ3v) is 2.16. The maximum atomic E-state index is 11.3. The first-order valence-corrected chi connectivity index (χ1v) is 5.89. The number of ether oxygens (including phenoxy) is 2. The molecule has 1 aromatic rings. The number of amides is 1. The van der Waals surface area contributed by atoms with Gasteiger partial charge in [-0.1, -0.05) is 19.9 Å². The Labute approximate surface area is 102 Å². The molecule has 1 aromatic carbocycles. The zero-order valence-electron chi connectivity index (χ0n) is 10.4. The molecule has 0 aromatic heterocycles. The van der Waals surface area contributed by atoms with Gasteiger partial charge < -0.3 is 15.2 Å². The number of primary amides is 1. The molecule has 0 bridgehead atoms. The van der Waals surface area contributed by atoms with E-state index >= 15 is 0 Å². The van der Waals surface area contributed by atoms with E-state index in [1.165, 1.54) is 0 Å². The van der Waals surface area contributed by atoms with E-state index in [0.29, 0.717) is 30.3 Å². The molecule has 1 amide bonds. The van der Waals surface area contributed by atoms with E-state index in [9.17, 15) is 4.79 Å². The second-order valence-electron chi connectivity index (χ2n) is 3.69. The van der Waals surface area contributed by atoms with Crippen LogP contribution >= 0.6 is 0 Å². The van der Waals surface area contributed by atoms with Crippen LogP contribution in [0.5, 0.6) is 11.5 Å². The minimum atomic E-state index is -0.502. The van der Waals surface area contributed by atoms with Gasteiger partial charge in [0.05, 0.1) is 18.8 Å². The number of nitrogens with two attached hydrogens (primary N) is 1. The summed E-state index contributed by atoms with van der Waals surface area (Å²) in [6.45, 7) is 5.14. The Morgan fingerprint density at radius 2 is 1.82 bits per heavy atom. The van der Waals surface area contributed by atoms with Crippen LogP contribution in [-0.4, -0.2) is 19.1 Å². The summed E-state index contributed by atoms with van der Waals surface area (Å²) in [5, 5.41) is 0. The molecule has 0 aliphatic carbocycles. The van der Waals surface area contributed by atoms with Gasteiger partial charge in [-0.2, -0.15) is 0 Å². The topological polar surface area (TPSA) is 61.5 Å². The van der Waals surface area contributed by atoms with E-state index in [1.54, 1.807) is 18.2 Å². The molecule has 4 heteroatoms. The molecule has 0 heterocycles. The predicted octanol–water partition coefficient (Wildman–Crippen LogP) is 2.36. The minimum Gasteiger partial charge on any atom is -0.490 e. The predicted molar refractivity (Wildman–Crippen MR) is 66.5 cm³/mol. The molecule has 0 saturated carbocycles. The van der Waals surface area contributed by atoms with Crippen molar-refractivity contribution in [3.8, 4) is 11.5 Å². The molecule has 94 valence electrons. The molecule has 0 spiro atoms. The van der Waals surface area contributed by atoms with E-state index in [4.69, 9.17) is 15.2 Å². The molecular formula is C13H19NO3. The normalized spacial score (nSPS) is 10.0. The lowest BCUT2D eigenvalue weighted by Gasteiger charge is -2.14. The fourth-order valence-electron chi connectivity index (χ4n) is 1.39. The highest BCUT2D eigenvalue weighted by Gasteiger charge is 2.14. The number of carbonyl (C=O) groups is 1. The Balaban J connectivity index is 3.00. The monoisotopic (exact) mass is 237 g/mol. The van der Waals surface area contributed by atoms with Gasteiger partial charge in [-0.15, -0.1) is 0 Å². The maximum absolute atomic E-state index is 11.3. The summed E-state index contributed by atoms with van der Waals surface area (Å²) in [6.07, 6.45) is 1.76. The Bertz CT molecular complexity index is 377. The van der Waals surface area contributed by atoms with Gasteiger partial charge in [0.25, 0.3) is 5.91 Å². The van der Waals surface area contributed by atoms with Crippen LogP contribution in [0.15, 0.2) is 18.2 Å². The van der Waals surface area contributed by atoms with Gasteiger partial charge in [0, 0.05) is 0 Å². The standard InChI is InChI=1S/C13H19NO3/c1-3-8-16-11-7-5-6-10(13(14)15)12(11)17-9-4-2/h5-7H,3-4,8-9H2,1-2H3,(H2,14,15). The lowest BCUT2D eigenvalue weighted by Crippen LogP contribution is -2.14. The first-order chi connectivity index (χ1) is 8.20. The molecule has 0 unspecified atom stereocenters. The molecular weight excluding hydrogens is 218 g/mol. The van der Waals surface area contributed by atoms with E-state index in [2.05, 4.69) is 0 Å². The first-order valence-electron chi connectivity index (χ1n) is 5.89. The summed E-state index contributed by atoms with van der Waals surface area (Å²) < 4.78 is 11.1. The van der Waals surface area contributed by atoms with Gasteiger partial charge in [0.2, 0.25) is 0 Å². The summed E-state index contributed by atoms with van der Waals surface area (Å²) in [7, 11) is 0. The van der Waals surface area contributed by atoms with Crippen molar-refractivity contribution in [2.75, 3.05) is 13.2 Å². The van der Waals surface area contributed by atoms with Gasteiger partial charge in [-0.3, -0.25) is 4.79 Å². The minimum absolute atomic E-state index is 0.368. The molecule has 1 rings (SSSR count). The number of hydrogen-bond acceptors (Lipinski definition) is 3. The van der Waals surface area contributed by atoms with Crippen LogP contribution in [0.1, 0.15) is 37.0 Å². The summed E-state index contributed by atoms with van der Waals surface area (Å²) in [6, 6.07) is 5.17. The summed E-state index contributed by atoms with van der Waals surface area (Å²) in [5.41, 5.74) is 5.68. The van der Waals surface area contributed by atoms with Crippen LogP contribution in [0.4, 0.5) is 0 Å². The van der Waals surface area contributed by atoms with Crippen LogP contribution in [0.3, 0.4) is 0 Å². The maximum Gasteiger partial charge on any atom is 0.252 e. The van der Waals surface area contributed by atoms with Crippen LogP contribution in [0.25, 0.3) is 0 Å². The highest BCUT2D eigenvalue weighted by atomic mass is 16.5. The average Bonchev–Trinajstić information content (AvgIpc) is 2.33. The van der Waals surface area contributed by atoms with Gasteiger partial charge in [-0.25, -0.2) is 0 Å². The van der Waals surface area contributed by atoms with Crippen LogP contribution in [0, 0.1) is 0 Å². The van der Waals surface area contributed by atoms with Crippen molar-refractivity contribution >= 4 is 5.91 Å². The summed E-state index contributed by atoms with van der Waals surface area (Å²) in [5.74, 6) is 0.532. The highest BCUT2D eigenvalue weighted by Crippen LogP contribution is 2.31. The van der Waals surface area contributed by atoms with Crippen molar-refractivity contribution in [2.24, 2.45) is 5.73 Å². The summed E-state index contributed by atoms with van der Waals surface area (Å²) in [4.78, 5) is 11.3. The van der Waals surface area contributed by atoms with Crippen LogP contribution in [-0.2, 0) is 0 Å². The second-order valence-corrected chi connectivity index (χ2v) is 3.69. The van der Waals surface area contributed by atoms with Crippen molar-refractivity contribution in [1.29, 1.82) is 0 Å². The van der Waals surface area contributed by atoms with Gasteiger partial charge >= 0.3 is 0 Å². The SMILES string of the molecule is CCCOc1cccc(C(N)=O)c1OCCC. The van der Waals surface area contributed by atoms with E-state index in [0.717, 1.165) is 12.8 Å². The fourth-order valence-corrected chi connectivity index (χ4v) is 1.39. The highest BCUT2D eigenvalue weighted by molar-refractivity contribution is 5.96. The van der Waals surface area contributed by atoms with Crippen LogP contribution in [0.2, 0.25) is 0 Å². The largest absolute Gasteiger partial charge is 0.490 e. The zero-order valence-corrected chi connectivity index (χ0v) is 10.4. The quantitative estimate of drug-likeness (QED) is 0.791. The van der Waals surface area contributed by atoms with E-state index in [1.807, 2.05) is 13.8 Å². The Morgan fingerprint density at radius 3 is 2.41 bits per heavy atom.